The third-order valence-electron chi connectivity index (χ3n) is 0.887. The molecule has 0 atom stereocenters. The van der Waals surface area contributed by atoms with Crippen molar-refractivity contribution < 1.29 is 14.3 Å². The molecule has 0 radical (unpaired) electrons. The fourth-order valence-corrected chi connectivity index (χ4v) is 1.40. The summed E-state index contributed by atoms with van der Waals surface area (Å²) < 4.78 is 12.6. The number of carboxylic acid groups (broad SMARTS) is 1. The first kappa shape index (κ1) is 7.50. The zero-order valence-corrected chi connectivity index (χ0v) is 6.17. The minimum Gasteiger partial charge on any atom is -0.478 e. The van der Waals surface area contributed by atoms with Gasteiger partial charge < -0.3 is 5.11 Å². The van der Waals surface area contributed by atoms with Crippen LogP contribution in [0.4, 0.5) is 4.39 Å². The lowest BCUT2D eigenvalue weighted by molar-refractivity contribution is 0.0693. The van der Waals surface area contributed by atoms with Gasteiger partial charge in [0.15, 0.2) is 5.13 Å². The zero-order chi connectivity index (χ0) is 7.72. The highest BCUT2D eigenvalue weighted by molar-refractivity contribution is 7.14. The van der Waals surface area contributed by atoms with Crippen molar-refractivity contribution in [3.8, 4) is 0 Å². The van der Waals surface area contributed by atoms with Crippen LogP contribution in [0.2, 0.25) is 4.34 Å². The molecule has 0 bridgehead atoms. The third kappa shape index (κ3) is 1.27. The van der Waals surface area contributed by atoms with Crippen molar-refractivity contribution in [2.24, 2.45) is 0 Å². The summed E-state index contributed by atoms with van der Waals surface area (Å²) in [5.41, 5.74) is -0.366. The lowest BCUT2D eigenvalue weighted by atomic mass is 10.3. The molecule has 0 saturated heterocycles. The van der Waals surface area contributed by atoms with Crippen molar-refractivity contribution in [3.05, 3.63) is 21.1 Å². The van der Waals surface area contributed by atoms with Crippen molar-refractivity contribution in [2.45, 2.75) is 0 Å². The Kier molecular flexibility index (Phi) is 1.92. The van der Waals surface area contributed by atoms with Gasteiger partial charge in [0.05, 0.1) is 4.34 Å². The number of thiophene rings is 1. The van der Waals surface area contributed by atoms with Crippen LogP contribution in [0.3, 0.4) is 0 Å². The highest BCUT2D eigenvalue weighted by Gasteiger charge is 2.13. The molecule has 0 spiro atoms. The Hall–Kier alpha value is -0.610. The van der Waals surface area contributed by atoms with Crippen LogP contribution in [0.1, 0.15) is 10.4 Å². The Morgan fingerprint density at radius 3 is 2.60 bits per heavy atom. The van der Waals surface area contributed by atoms with Crippen molar-refractivity contribution in [1.82, 2.24) is 0 Å². The second-order valence-electron chi connectivity index (χ2n) is 1.54. The average Bonchev–Trinajstić information content (AvgIpc) is 2.10. The maximum Gasteiger partial charge on any atom is 0.339 e. The summed E-state index contributed by atoms with van der Waals surface area (Å²) in [4.78, 5) is 10.1. The van der Waals surface area contributed by atoms with Gasteiger partial charge in [-0.05, 0) is 6.07 Å². The van der Waals surface area contributed by atoms with E-state index < -0.39 is 11.1 Å². The van der Waals surface area contributed by atoms with E-state index >= 15 is 0 Å². The maximum absolute atomic E-state index is 12.4. The van der Waals surface area contributed by atoms with E-state index in [0.717, 1.165) is 6.07 Å². The van der Waals surface area contributed by atoms with E-state index in [0.29, 0.717) is 11.3 Å². The SMILES string of the molecule is O=C(O)c1cc(Cl)sc1F. The number of rotatable bonds is 1. The summed E-state index contributed by atoms with van der Waals surface area (Å²) >= 11 is 5.94. The Morgan fingerprint density at radius 2 is 2.40 bits per heavy atom. The predicted octanol–water partition coefficient (Wildman–Crippen LogP) is 2.24. The largest absolute Gasteiger partial charge is 0.478 e. The van der Waals surface area contributed by atoms with Gasteiger partial charge in [-0.25, -0.2) is 4.79 Å². The van der Waals surface area contributed by atoms with E-state index in [4.69, 9.17) is 16.7 Å². The second-order valence-corrected chi connectivity index (χ2v) is 3.18. The van der Waals surface area contributed by atoms with E-state index in [2.05, 4.69) is 0 Å². The standard InChI is InChI=1S/C5H2ClFO2S/c6-3-1-2(5(8)9)4(7)10-3/h1H,(H,8,9). The van der Waals surface area contributed by atoms with Crippen molar-refractivity contribution in [3.63, 3.8) is 0 Å². The zero-order valence-electron chi connectivity index (χ0n) is 4.60. The molecule has 0 aliphatic carbocycles. The van der Waals surface area contributed by atoms with Gasteiger partial charge in [-0.2, -0.15) is 4.39 Å². The average molecular weight is 181 g/mol. The van der Waals surface area contributed by atoms with Gasteiger partial charge in [-0.1, -0.05) is 22.9 Å². The smallest absolute Gasteiger partial charge is 0.339 e. The van der Waals surface area contributed by atoms with Crippen LogP contribution in [-0.4, -0.2) is 11.1 Å². The molecule has 0 aliphatic heterocycles. The molecule has 0 amide bonds. The highest BCUT2D eigenvalue weighted by Crippen LogP contribution is 2.24. The normalized spacial score (nSPS) is 9.80. The quantitative estimate of drug-likeness (QED) is 0.720. The van der Waals surface area contributed by atoms with Crippen LogP contribution in [0.15, 0.2) is 6.07 Å². The fraction of sp³-hybridized carbons (Fsp3) is 0. The first-order chi connectivity index (χ1) is 4.61. The van der Waals surface area contributed by atoms with Gasteiger partial charge in [0.25, 0.3) is 0 Å². The molecule has 0 saturated carbocycles. The number of hydrogen-bond donors (Lipinski definition) is 1. The van der Waals surface area contributed by atoms with E-state index in [-0.39, 0.29) is 9.90 Å². The molecule has 2 nitrogen and oxygen atoms in total. The summed E-state index contributed by atoms with van der Waals surface area (Å²) in [5.74, 6) is -1.29. The Balaban J connectivity index is 3.15. The van der Waals surface area contributed by atoms with Gasteiger partial charge in [-0.3, -0.25) is 0 Å². The van der Waals surface area contributed by atoms with E-state index in [1.165, 1.54) is 0 Å². The number of carbonyl (C=O) groups is 1. The topological polar surface area (TPSA) is 37.3 Å². The molecular weight excluding hydrogens is 179 g/mol. The number of hydrogen-bond acceptors (Lipinski definition) is 2. The summed E-state index contributed by atoms with van der Waals surface area (Å²) in [6.07, 6.45) is 0. The maximum atomic E-state index is 12.4. The minimum atomic E-state index is -1.29. The highest BCUT2D eigenvalue weighted by atomic mass is 35.5. The van der Waals surface area contributed by atoms with Gasteiger partial charge >= 0.3 is 5.97 Å². The molecule has 0 fully saturated rings. The Labute approximate surface area is 64.9 Å². The monoisotopic (exact) mass is 180 g/mol. The summed E-state index contributed by atoms with van der Waals surface area (Å²) in [7, 11) is 0. The lowest BCUT2D eigenvalue weighted by Crippen LogP contribution is -1.94. The van der Waals surface area contributed by atoms with Crippen LogP contribution in [-0.2, 0) is 0 Å². The van der Waals surface area contributed by atoms with Crippen molar-refractivity contribution in [2.75, 3.05) is 0 Å². The molecular formula is C5H2ClFO2S. The molecule has 1 aromatic heterocycles. The molecule has 0 aromatic carbocycles. The lowest BCUT2D eigenvalue weighted by Gasteiger charge is -1.82. The van der Waals surface area contributed by atoms with Crippen molar-refractivity contribution >= 4 is 28.9 Å². The third-order valence-corrected chi connectivity index (χ3v) is 1.94. The van der Waals surface area contributed by atoms with E-state index in [1.54, 1.807) is 0 Å². The Bertz CT molecular complexity index is 271. The van der Waals surface area contributed by atoms with Crippen LogP contribution in [0.5, 0.6) is 0 Å². The number of halogens is 2. The molecule has 0 unspecified atom stereocenters. The second kappa shape index (κ2) is 2.56. The molecule has 54 valence electrons. The Morgan fingerprint density at radius 1 is 1.80 bits per heavy atom. The predicted molar refractivity (Wildman–Crippen MR) is 36.2 cm³/mol. The summed E-state index contributed by atoms with van der Waals surface area (Å²) in [6.45, 7) is 0. The van der Waals surface area contributed by atoms with Crippen LogP contribution in [0, 0.1) is 5.13 Å². The van der Waals surface area contributed by atoms with E-state index in [1.807, 2.05) is 0 Å². The van der Waals surface area contributed by atoms with E-state index in [9.17, 15) is 9.18 Å². The minimum absolute atomic E-state index is 0.148. The number of aromatic carboxylic acids is 1. The summed E-state index contributed by atoms with van der Waals surface area (Å²) in [6, 6.07) is 1.09. The number of carboxylic acids is 1. The first-order valence-electron chi connectivity index (χ1n) is 2.29. The van der Waals surface area contributed by atoms with Crippen LogP contribution < -0.4 is 0 Å². The molecule has 1 aromatic rings. The molecule has 1 rings (SSSR count). The first-order valence-corrected chi connectivity index (χ1v) is 3.49. The molecule has 5 heteroatoms. The van der Waals surface area contributed by atoms with Gasteiger partial charge in [0.2, 0.25) is 0 Å². The van der Waals surface area contributed by atoms with Crippen molar-refractivity contribution in [1.29, 1.82) is 0 Å². The molecule has 1 heterocycles. The molecule has 0 aliphatic rings. The van der Waals surface area contributed by atoms with Gasteiger partial charge in [-0.15, -0.1) is 0 Å². The van der Waals surface area contributed by atoms with Crippen LogP contribution in [0.25, 0.3) is 0 Å². The molecule has 1 N–H and O–H groups in total. The fourth-order valence-electron chi connectivity index (χ4n) is 0.486. The van der Waals surface area contributed by atoms with Gasteiger partial charge in [0.1, 0.15) is 5.56 Å². The molecule has 10 heavy (non-hydrogen) atoms. The summed E-state index contributed by atoms with van der Waals surface area (Å²) in [5, 5.41) is 7.53. The van der Waals surface area contributed by atoms with Crippen LogP contribution >= 0.6 is 22.9 Å². The van der Waals surface area contributed by atoms with Gasteiger partial charge in [0, 0.05) is 0 Å².